The minimum absolute atomic E-state index is 0.177. The Bertz CT molecular complexity index is 149. The Hall–Kier alpha value is -0.120. The fourth-order valence-electron chi connectivity index (χ4n) is 2.46. The van der Waals surface area contributed by atoms with Gasteiger partial charge in [-0.25, -0.2) is 0 Å². The van der Waals surface area contributed by atoms with Gasteiger partial charge in [-0.3, -0.25) is 4.90 Å². The Morgan fingerprint density at radius 3 is 3.08 bits per heavy atom. The van der Waals surface area contributed by atoms with Crippen molar-refractivity contribution in [2.24, 2.45) is 5.92 Å². The molecule has 2 heterocycles. The van der Waals surface area contributed by atoms with Gasteiger partial charge in [0, 0.05) is 25.7 Å². The summed E-state index contributed by atoms with van der Waals surface area (Å²) in [6.07, 6.45) is 1.14. The van der Waals surface area contributed by atoms with Gasteiger partial charge >= 0.3 is 0 Å². The topological polar surface area (TPSA) is 35.5 Å². The van der Waals surface area contributed by atoms with E-state index in [1.807, 2.05) is 6.92 Å². The molecule has 2 aliphatic heterocycles. The molecule has 2 aliphatic rings. The number of fused-ring (bicyclic) bond motifs is 1. The number of hydrogen-bond donors (Lipinski definition) is 2. The van der Waals surface area contributed by atoms with Gasteiger partial charge in [-0.2, -0.15) is 0 Å². The Labute approximate surface area is 73.8 Å². The summed E-state index contributed by atoms with van der Waals surface area (Å²) in [5.74, 6) is 0.851. The van der Waals surface area contributed by atoms with Crippen LogP contribution >= 0.6 is 0 Å². The van der Waals surface area contributed by atoms with Crippen LogP contribution in [0.5, 0.6) is 0 Å². The summed E-state index contributed by atoms with van der Waals surface area (Å²) in [5.41, 5.74) is 0. The molecule has 2 fully saturated rings. The molecule has 3 nitrogen and oxygen atoms in total. The molecule has 2 rings (SSSR count). The highest BCUT2D eigenvalue weighted by molar-refractivity contribution is 4.93. The van der Waals surface area contributed by atoms with E-state index in [1.165, 1.54) is 19.5 Å². The molecule has 0 saturated carbocycles. The van der Waals surface area contributed by atoms with E-state index in [1.54, 1.807) is 0 Å². The van der Waals surface area contributed by atoms with E-state index in [2.05, 4.69) is 10.2 Å². The molecule has 12 heavy (non-hydrogen) atoms. The number of nitrogens with one attached hydrogen (secondary N) is 1. The zero-order chi connectivity index (χ0) is 8.55. The van der Waals surface area contributed by atoms with E-state index in [-0.39, 0.29) is 6.10 Å². The maximum absolute atomic E-state index is 9.21. The van der Waals surface area contributed by atoms with E-state index in [0.717, 1.165) is 19.0 Å². The predicted octanol–water partition coefficient (Wildman–Crippen LogP) is -0.339. The first-order valence-electron chi connectivity index (χ1n) is 4.89. The van der Waals surface area contributed by atoms with Crippen molar-refractivity contribution in [3.63, 3.8) is 0 Å². The lowest BCUT2D eigenvalue weighted by atomic mass is 10.1. The maximum atomic E-state index is 9.21. The van der Waals surface area contributed by atoms with E-state index in [0.29, 0.717) is 6.04 Å². The van der Waals surface area contributed by atoms with Crippen molar-refractivity contribution in [3.8, 4) is 0 Å². The second kappa shape index (κ2) is 3.32. The van der Waals surface area contributed by atoms with E-state index in [4.69, 9.17) is 0 Å². The fraction of sp³-hybridized carbons (Fsp3) is 1.00. The van der Waals surface area contributed by atoms with E-state index >= 15 is 0 Å². The third-order valence-electron chi connectivity index (χ3n) is 2.96. The average molecular weight is 170 g/mol. The molecule has 0 aliphatic carbocycles. The lowest BCUT2D eigenvalue weighted by Gasteiger charge is -2.18. The summed E-state index contributed by atoms with van der Waals surface area (Å²) in [7, 11) is 0. The zero-order valence-corrected chi connectivity index (χ0v) is 7.66. The first kappa shape index (κ1) is 8.48. The lowest BCUT2D eigenvalue weighted by molar-refractivity contribution is 0.137. The van der Waals surface area contributed by atoms with Gasteiger partial charge in [-0.05, 0) is 25.8 Å². The summed E-state index contributed by atoms with van der Waals surface area (Å²) < 4.78 is 0. The molecule has 0 aromatic carbocycles. The van der Waals surface area contributed by atoms with Crippen molar-refractivity contribution < 1.29 is 5.11 Å². The smallest absolute Gasteiger partial charge is 0.0639 e. The van der Waals surface area contributed by atoms with Gasteiger partial charge in [0.15, 0.2) is 0 Å². The van der Waals surface area contributed by atoms with Crippen molar-refractivity contribution in [1.82, 2.24) is 10.2 Å². The summed E-state index contributed by atoms with van der Waals surface area (Å²) in [6.45, 7) is 6.21. The van der Waals surface area contributed by atoms with Crippen molar-refractivity contribution in [2.45, 2.75) is 25.5 Å². The Kier molecular flexibility index (Phi) is 2.35. The summed E-state index contributed by atoms with van der Waals surface area (Å²) >= 11 is 0. The van der Waals surface area contributed by atoms with Gasteiger partial charge < -0.3 is 10.4 Å². The minimum Gasteiger partial charge on any atom is -0.392 e. The molecular formula is C9H18N2O. The molecule has 70 valence electrons. The number of rotatable bonds is 2. The van der Waals surface area contributed by atoms with Crippen LogP contribution in [-0.2, 0) is 0 Å². The van der Waals surface area contributed by atoms with Crippen LogP contribution in [0.3, 0.4) is 0 Å². The van der Waals surface area contributed by atoms with Crippen LogP contribution in [0.25, 0.3) is 0 Å². The molecule has 0 aromatic rings. The summed E-state index contributed by atoms with van der Waals surface area (Å²) in [4.78, 5) is 2.37. The van der Waals surface area contributed by atoms with Crippen LogP contribution in [0.1, 0.15) is 13.3 Å². The zero-order valence-electron chi connectivity index (χ0n) is 7.66. The fourth-order valence-corrected chi connectivity index (χ4v) is 2.46. The first-order chi connectivity index (χ1) is 5.75. The van der Waals surface area contributed by atoms with Crippen LogP contribution in [0.4, 0.5) is 0 Å². The van der Waals surface area contributed by atoms with Gasteiger partial charge in [0.25, 0.3) is 0 Å². The van der Waals surface area contributed by atoms with Crippen molar-refractivity contribution in [3.05, 3.63) is 0 Å². The van der Waals surface area contributed by atoms with Gasteiger partial charge in [-0.1, -0.05) is 0 Å². The maximum Gasteiger partial charge on any atom is 0.0639 e. The molecule has 3 atom stereocenters. The van der Waals surface area contributed by atoms with Crippen LogP contribution in [0.2, 0.25) is 0 Å². The van der Waals surface area contributed by atoms with Crippen molar-refractivity contribution in [2.75, 3.05) is 26.2 Å². The number of hydrogen-bond acceptors (Lipinski definition) is 3. The van der Waals surface area contributed by atoms with Crippen LogP contribution < -0.4 is 5.32 Å². The minimum atomic E-state index is -0.177. The number of aliphatic hydroxyl groups excluding tert-OH is 1. The summed E-state index contributed by atoms with van der Waals surface area (Å²) in [5, 5.41) is 12.7. The molecule has 2 N–H and O–H groups in total. The Balaban J connectivity index is 1.82. The molecule has 0 radical (unpaired) electrons. The highest BCUT2D eigenvalue weighted by atomic mass is 16.3. The third kappa shape index (κ3) is 1.63. The largest absolute Gasteiger partial charge is 0.392 e. The number of likely N-dealkylation sites (tertiary alicyclic amines) is 1. The number of β-amino-alcohol motifs (C(OH)–C–C–N with tert-alkyl or cyclic N) is 1. The Morgan fingerprint density at radius 1 is 1.58 bits per heavy atom. The Morgan fingerprint density at radius 2 is 2.42 bits per heavy atom. The molecule has 0 spiro atoms. The van der Waals surface area contributed by atoms with Crippen LogP contribution in [0.15, 0.2) is 0 Å². The van der Waals surface area contributed by atoms with E-state index in [9.17, 15) is 5.11 Å². The van der Waals surface area contributed by atoms with Crippen molar-refractivity contribution in [1.29, 1.82) is 0 Å². The van der Waals surface area contributed by atoms with E-state index < -0.39 is 0 Å². The predicted molar refractivity (Wildman–Crippen MR) is 48.0 cm³/mol. The molecule has 1 unspecified atom stereocenters. The van der Waals surface area contributed by atoms with Gasteiger partial charge in [0.05, 0.1) is 6.10 Å². The first-order valence-corrected chi connectivity index (χ1v) is 4.89. The molecule has 3 heteroatoms. The average Bonchev–Trinajstić information content (AvgIpc) is 2.43. The molecule has 2 saturated heterocycles. The quantitative estimate of drug-likeness (QED) is 0.595. The monoisotopic (exact) mass is 170 g/mol. The normalized spacial score (nSPS) is 38.5. The molecule has 0 bridgehead atoms. The second-order valence-corrected chi connectivity index (χ2v) is 4.18. The number of nitrogens with zero attached hydrogens (tertiary/aromatic N) is 1. The van der Waals surface area contributed by atoms with Crippen molar-refractivity contribution >= 4 is 0 Å². The van der Waals surface area contributed by atoms with Gasteiger partial charge in [0.2, 0.25) is 0 Å². The molecule has 0 aromatic heterocycles. The molecular weight excluding hydrogens is 152 g/mol. The SMILES string of the molecule is CC(O)CN1C[C@@H]2CCN[C@@H]2C1. The standard InChI is InChI=1S/C9H18N2O/c1-7(12)4-11-5-8-2-3-10-9(8)6-11/h7-10,12H,2-6H2,1H3/t7?,8-,9+/m0/s1. The van der Waals surface area contributed by atoms with Crippen LogP contribution in [0, 0.1) is 5.92 Å². The lowest BCUT2D eigenvalue weighted by Crippen LogP contribution is -2.33. The highest BCUT2D eigenvalue weighted by Gasteiger charge is 2.35. The van der Waals surface area contributed by atoms with Gasteiger partial charge in [-0.15, -0.1) is 0 Å². The number of aliphatic hydroxyl groups is 1. The third-order valence-corrected chi connectivity index (χ3v) is 2.96. The molecule has 0 amide bonds. The van der Waals surface area contributed by atoms with Crippen LogP contribution in [-0.4, -0.2) is 48.3 Å². The summed E-state index contributed by atoms with van der Waals surface area (Å²) in [6, 6.07) is 0.712. The second-order valence-electron chi connectivity index (χ2n) is 4.18. The highest BCUT2D eigenvalue weighted by Crippen LogP contribution is 2.24. The van der Waals surface area contributed by atoms with Gasteiger partial charge in [0.1, 0.15) is 0 Å².